The molecule has 2 amide bonds. The number of rotatable bonds is 2. The van der Waals surface area contributed by atoms with Crippen LogP contribution in [0.5, 0.6) is 0 Å². The summed E-state index contributed by atoms with van der Waals surface area (Å²) in [6.45, 7) is 3.48. The molecule has 1 saturated heterocycles. The number of hydrogen-bond donors (Lipinski definition) is 1. The van der Waals surface area contributed by atoms with Gasteiger partial charge in [-0.3, -0.25) is 10.2 Å². The van der Waals surface area contributed by atoms with Gasteiger partial charge in [-0.25, -0.2) is 9.31 Å². The highest BCUT2D eigenvalue weighted by Crippen LogP contribution is 2.25. The van der Waals surface area contributed by atoms with E-state index in [4.69, 9.17) is 0 Å². The van der Waals surface area contributed by atoms with E-state index in [0.717, 1.165) is 37.9 Å². The first-order valence-corrected chi connectivity index (χ1v) is 7.91. The predicted molar refractivity (Wildman–Crippen MR) is 82.8 cm³/mol. The second-order valence-electron chi connectivity index (χ2n) is 5.98. The number of fused-ring (bicyclic) bond motifs is 1. The Kier molecular flexibility index (Phi) is 3.42. The number of nitrogens with one attached hydrogen (secondary N) is 1. The summed E-state index contributed by atoms with van der Waals surface area (Å²) in [6.07, 6.45) is 5.80. The van der Waals surface area contributed by atoms with E-state index in [2.05, 4.69) is 20.3 Å². The lowest BCUT2D eigenvalue weighted by molar-refractivity contribution is 0.0758. The van der Waals surface area contributed by atoms with Crippen molar-refractivity contribution >= 4 is 17.6 Å². The maximum Gasteiger partial charge on any atom is 0.324 e. The smallest absolute Gasteiger partial charge is 0.322 e. The summed E-state index contributed by atoms with van der Waals surface area (Å²) in [5.41, 5.74) is 0.729. The van der Waals surface area contributed by atoms with Crippen molar-refractivity contribution in [1.82, 2.24) is 24.4 Å². The Hall–Kier alpha value is -2.15. The molecular weight excluding hydrogens is 280 g/mol. The number of aromatic nitrogens is 3. The SMILES string of the molecule is O=C(Nc1nc2ccccn2n1)N1CCN(C2CCC2)CC1. The second kappa shape index (κ2) is 5.57. The molecule has 4 rings (SSSR count). The number of carbonyl (C=O) groups is 1. The number of anilines is 1. The van der Waals surface area contributed by atoms with Gasteiger partial charge in [-0.2, -0.15) is 4.98 Å². The topological polar surface area (TPSA) is 65.8 Å². The van der Waals surface area contributed by atoms with Gasteiger partial charge in [-0.1, -0.05) is 12.5 Å². The molecule has 0 spiro atoms. The van der Waals surface area contributed by atoms with E-state index < -0.39 is 0 Å². The third-order valence-corrected chi connectivity index (χ3v) is 4.65. The van der Waals surface area contributed by atoms with Gasteiger partial charge < -0.3 is 4.90 Å². The number of hydrogen-bond acceptors (Lipinski definition) is 4. The molecule has 3 heterocycles. The Morgan fingerprint density at radius 1 is 1.18 bits per heavy atom. The molecule has 2 aromatic rings. The van der Waals surface area contributed by atoms with Crippen molar-refractivity contribution in [3.05, 3.63) is 24.4 Å². The maximum atomic E-state index is 12.3. The van der Waals surface area contributed by atoms with E-state index in [9.17, 15) is 4.79 Å². The van der Waals surface area contributed by atoms with Crippen LogP contribution in [0.25, 0.3) is 5.65 Å². The van der Waals surface area contributed by atoms with Crippen LogP contribution in [0.2, 0.25) is 0 Å². The highest BCUT2D eigenvalue weighted by molar-refractivity contribution is 5.87. The minimum absolute atomic E-state index is 0.107. The number of carbonyl (C=O) groups excluding carboxylic acids is 1. The van der Waals surface area contributed by atoms with Gasteiger partial charge in [-0.05, 0) is 25.0 Å². The predicted octanol–water partition coefficient (Wildman–Crippen LogP) is 1.43. The lowest BCUT2D eigenvalue weighted by Gasteiger charge is -2.42. The number of amides is 2. The normalized spacial score (nSPS) is 20.1. The van der Waals surface area contributed by atoms with E-state index in [-0.39, 0.29) is 6.03 Å². The minimum Gasteiger partial charge on any atom is -0.322 e. The van der Waals surface area contributed by atoms with Crippen LogP contribution in [0, 0.1) is 0 Å². The van der Waals surface area contributed by atoms with Crippen molar-refractivity contribution in [2.24, 2.45) is 0 Å². The first-order valence-electron chi connectivity index (χ1n) is 7.91. The molecule has 7 nitrogen and oxygen atoms in total. The summed E-state index contributed by atoms with van der Waals surface area (Å²) in [5, 5.41) is 7.05. The second-order valence-corrected chi connectivity index (χ2v) is 5.98. The van der Waals surface area contributed by atoms with Crippen molar-refractivity contribution in [1.29, 1.82) is 0 Å². The van der Waals surface area contributed by atoms with Gasteiger partial charge in [0.15, 0.2) is 5.65 Å². The Bertz CT molecular complexity index is 638. The number of piperazine rings is 1. The number of urea groups is 1. The Morgan fingerprint density at radius 2 is 2.00 bits per heavy atom. The van der Waals surface area contributed by atoms with Gasteiger partial charge in [0.2, 0.25) is 0 Å². The van der Waals surface area contributed by atoms with Crippen LogP contribution >= 0.6 is 0 Å². The summed E-state index contributed by atoms with van der Waals surface area (Å²) in [4.78, 5) is 21.0. The first-order chi connectivity index (χ1) is 10.8. The quantitative estimate of drug-likeness (QED) is 0.911. The van der Waals surface area contributed by atoms with Gasteiger partial charge in [0.1, 0.15) is 0 Å². The molecule has 1 saturated carbocycles. The first kappa shape index (κ1) is 13.5. The van der Waals surface area contributed by atoms with Crippen molar-refractivity contribution < 1.29 is 4.79 Å². The molecule has 22 heavy (non-hydrogen) atoms. The standard InChI is InChI=1S/C15H20N6O/c22-15(17-14-16-13-6-1-2-7-21(13)18-14)20-10-8-19(9-11-20)12-4-3-5-12/h1-2,6-7,12H,3-5,8-11H2,(H,17,18,22). The number of nitrogens with zero attached hydrogens (tertiary/aromatic N) is 5. The maximum absolute atomic E-state index is 12.3. The summed E-state index contributed by atoms with van der Waals surface area (Å²) in [6, 6.07) is 6.29. The van der Waals surface area contributed by atoms with Crippen LogP contribution in [0.15, 0.2) is 24.4 Å². The molecule has 0 radical (unpaired) electrons. The third-order valence-electron chi connectivity index (χ3n) is 4.65. The van der Waals surface area contributed by atoms with E-state index in [1.54, 1.807) is 4.52 Å². The van der Waals surface area contributed by atoms with Crippen LogP contribution in [0.3, 0.4) is 0 Å². The lowest BCUT2D eigenvalue weighted by atomic mass is 9.91. The highest BCUT2D eigenvalue weighted by atomic mass is 16.2. The lowest BCUT2D eigenvalue weighted by Crippen LogP contribution is -2.54. The van der Waals surface area contributed by atoms with Crippen molar-refractivity contribution in [3.8, 4) is 0 Å². The Morgan fingerprint density at radius 3 is 2.68 bits per heavy atom. The zero-order chi connectivity index (χ0) is 14.9. The molecule has 0 aromatic carbocycles. The van der Waals surface area contributed by atoms with Gasteiger partial charge >= 0.3 is 6.03 Å². The van der Waals surface area contributed by atoms with Crippen LogP contribution in [0.4, 0.5) is 10.7 Å². The fourth-order valence-electron chi connectivity index (χ4n) is 3.10. The minimum atomic E-state index is -0.107. The summed E-state index contributed by atoms with van der Waals surface area (Å²) in [7, 11) is 0. The monoisotopic (exact) mass is 300 g/mol. The third kappa shape index (κ3) is 2.52. The zero-order valence-corrected chi connectivity index (χ0v) is 12.5. The van der Waals surface area contributed by atoms with E-state index in [0.29, 0.717) is 5.95 Å². The average molecular weight is 300 g/mol. The van der Waals surface area contributed by atoms with Crippen LogP contribution < -0.4 is 5.32 Å². The molecule has 7 heteroatoms. The molecule has 1 N–H and O–H groups in total. The highest BCUT2D eigenvalue weighted by Gasteiger charge is 2.29. The largest absolute Gasteiger partial charge is 0.324 e. The fourth-order valence-corrected chi connectivity index (χ4v) is 3.10. The molecule has 116 valence electrons. The summed E-state index contributed by atoms with van der Waals surface area (Å²) >= 11 is 0. The van der Waals surface area contributed by atoms with E-state index in [1.165, 1.54) is 19.3 Å². The van der Waals surface area contributed by atoms with Crippen LogP contribution in [0.1, 0.15) is 19.3 Å². The molecule has 0 unspecified atom stereocenters. The van der Waals surface area contributed by atoms with Gasteiger partial charge in [0, 0.05) is 38.4 Å². The molecule has 2 aliphatic rings. The number of pyridine rings is 1. The molecule has 1 aliphatic heterocycles. The van der Waals surface area contributed by atoms with Crippen molar-refractivity contribution in [3.63, 3.8) is 0 Å². The molecule has 0 bridgehead atoms. The molecule has 1 aliphatic carbocycles. The van der Waals surface area contributed by atoms with E-state index in [1.807, 2.05) is 29.3 Å². The van der Waals surface area contributed by atoms with Crippen molar-refractivity contribution in [2.75, 3.05) is 31.5 Å². The average Bonchev–Trinajstić information content (AvgIpc) is 2.88. The summed E-state index contributed by atoms with van der Waals surface area (Å²) in [5.74, 6) is 0.359. The van der Waals surface area contributed by atoms with Gasteiger partial charge in [-0.15, -0.1) is 5.10 Å². The van der Waals surface area contributed by atoms with Gasteiger partial charge in [0.05, 0.1) is 0 Å². The Balaban J connectivity index is 1.36. The zero-order valence-electron chi connectivity index (χ0n) is 12.5. The van der Waals surface area contributed by atoms with Crippen LogP contribution in [-0.2, 0) is 0 Å². The Labute approximate surface area is 128 Å². The molecule has 2 fully saturated rings. The van der Waals surface area contributed by atoms with Crippen molar-refractivity contribution in [2.45, 2.75) is 25.3 Å². The fraction of sp³-hybridized carbons (Fsp3) is 0.533. The van der Waals surface area contributed by atoms with Gasteiger partial charge in [0.25, 0.3) is 5.95 Å². The molecule has 0 atom stereocenters. The van der Waals surface area contributed by atoms with E-state index >= 15 is 0 Å². The molecule has 2 aromatic heterocycles. The molecular formula is C15H20N6O. The van der Waals surface area contributed by atoms with Crippen LogP contribution in [-0.4, -0.2) is 62.6 Å². The summed E-state index contributed by atoms with van der Waals surface area (Å²) < 4.78 is 1.66.